The predicted molar refractivity (Wildman–Crippen MR) is 81.5 cm³/mol. The zero-order valence-electron chi connectivity index (χ0n) is 11.5. The number of pyridine rings is 1. The van der Waals surface area contributed by atoms with Crippen LogP contribution in [0.25, 0.3) is 22.2 Å². The summed E-state index contributed by atoms with van der Waals surface area (Å²) in [6, 6.07) is 16.6. The fraction of sp³-hybridized carbons (Fsp3) is 0.118. The molecule has 0 aliphatic heterocycles. The van der Waals surface area contributed by atoms with E-state index in [1.165, 1.54) is 12.1 Å². The first kappa shape index (κ1) is 12.6. The fourth-order valence-electron chi connectivity index (χ4n) is 2.17. The second-order valence-corrected chi connectivity index (χ2v) is 4.97. The largest absolute Gasteiger partial charge is 0.378 e. The summed E-state index contributed by atoms with van der Waals surface area (Å²) in [4.78, 5) is 6.70. The summed E-state index contributed by atoms with van der Waals surface area (Å²) in [6.45, 7) is 0. The number of hydrogen-bond acceptors (Lipinski definition) is 2. The molecule has 0 amide bonds. The van der Waals surface area contributed by atoms with Crippen LogP contribution in [0.5, 0.6) is 0 Å². The molecular weight excluding hydrogens is 251 g/mol. The van der Waals surface area contributed by atoms with E-state index in [1.54, 1.807) is 12.1 Å². The highest BCUT2D eigenvalue weighted by atomic mass is 19.1. The molecule has 3 rings (SSSR count). The van der Waals surface area contributed by atoms with Crippen molar-refractivity contribution in [2.45, 2.75) is 0 Å². The molecule has 0 aliphatic rings. The van der Waals surface area contributed by atoms with Crippen LogP contribution in [0.3, 0.4) is 0 Å². The van der Waals surface area contributed by atoms with Gasteiger partial charge in [-0.1, -0.05) is 6.07 Å². The van der Waals surface area contributed by atoms with Crippen molar-refractivity contribution in [3.8, 4) is 11.3 Å². The van der Waals surface area contributed by atoms with E-state index in [1.807, 2.05) is 38.4 Å². The minimum Gasteiger partial charge on any atom is -0.378 e. The lowest BCUT2D eigenvalue weighted by Crippen LogP contribution is -2.08. The summed E-state index contributed by atoms with van der Waals surface area (Å²) in [5, 5.41) is 1.10. The molecular formula is C17H15FN2. The average Bonchev–Trinajstić information content (AvgIpc) is 2.47. The van der Waals surface area contributed by atoms with Gasteiger partial charge in [0, 0.05) is 30.7 Å². The summed E-state index contributed by atoms with van der Waals surface area (Å²) in [5.74, 6) is -0.231. The Morgan fingerprint density at radius 2 is 1.65 bits per heavy atom. The molecule has 1 heterocycles. The Kier molecular flexibility index (Phi) is 3.11. The maximum absolute atomic E-state index is 13.0. The Morgan fingerprint density at radius 3 is 2.35 bits per heavy atom. The smallest absolute Gasteiger partial charge is 0.123 e. The first-order valence-electron chi connectivity index (χ1n) is 6.47. The number of hydrogen-bond donors (Lipinski definition) is 0. The van der Waals surface area contributed by atoms with Gasteiger partial charge >= 0.3 is 0 Å². The zero-order chi connectivity index (χ0) is 14.1. The number of fused-ring (bicyclic) bond motifs is 1. The Labute approximate surface area is 117 Å². The predicted octanol–water partition coefficient (Wildman–Crippen LogP) is 4.11. The van der Waals surface area contributed by atoms with Crippen LogP contribution >= 0.6 is 0 Å². The second kappa shape index (κ2) is 4.93. The van der Waals surface area contributed by atoms with E-state index in [0.29, 0.717) is 0 Å². The lowest BCUT2D eigenvalue weighted by Gasteiger charge is -2.13. The molecule has 3 heteroatoms. The molecule has 0 radical (unpaired) electrons. The van der Waals surface area contributed by atoms with Crippen LogP contribution < -0.4 is 4.90 Å². The normalized spacial score (nSPS) is 10.8. The Morgan fingerprint density at radius 1 is 0.900 bits per heavy atom. The van der Waals surface area contributed by atoms with Gasteiger partial charge in [0.15, 0.2) is 0 Å². The van der Waals surface area contributed by atoms with Crippen molar-refractivity contribution in [3.63, 3.8) is 0 Å². The van der Waals surface area contributed by atoms with Crippen LogP contribution in [0.4, 0.5) is 10.1 Å². The molecule has 2 aromatic carbocycles. The molecule has 0 spiro atoms. The Hall–Kier alpha value is -2.42. The minimum absolute atomic E-state index is 0.231. The van der Waals surface area contributed by atoms with Gasteiger partial charge < -0.3 is 4.90 Å². The van der Waals surface area contributed by atoms with Gasteiger partial charge in [-0.15, -0.1) is 0 Å². The number of anilines is 1. The highest BCUT2D eigenvalue weighted by Gasteiger charge is 2.03. The SMILES string of the molecule is CN(C)c1ccc2nc(-c3ccc(F)cc3)ccc2c1. The first-order valence-corrected chi connectivity index (χ1v) is 6.47. The number of rotatable bonds is 2. The van der Waals surface area contributed by atoms with Gasteiger partial charge in [-0.3, -0.25) is 0 Å². The third kappa shape index (κ3) is 2.35. The Bertz CT molecular complexity index is 749. The molecule has 0 fully saturated rings. The summed E-state index contributed by atoms with van der Waals surface area (Å²) in [7, 11) is 4.03. The van der Waals surface area contributed by atoms with Crippen molar-refractivity contribution in [1.82, 2.24) is 4.98 Å². The molecule has 0 saturated heterocycles. The van der Waals surface area contributed by atoms with Gasteiger partial charge in [-0.2, -0.15) is 0 Å². The number of aromatic nitrogens is 1. The summed E-state index contributed by atoms with van der Waals surface area (Å²) in [5.41, 5.74) is 3.87. The van der Waals surface area contributed by atoms with Crippen LogP contribution in [0.15, 0.2) is 54.6 Å². The van der Waals surface area contributed by atoms with E-state index in [-0.39, 0.29) is 5.82 Å². The standard InChI is InChI=1S/C17H15FN2/c1-20(2)15-8-10-17-13(11-15)5-9-16(19-17)12-3-6-14(18)7-4-12/h3-11H,1-2H3. The molecule has 0 aliphatic carbocycles. The van der Waals surface area contributed by atoms with E-state index >= 15 is 0 Å². The van der Waals surface area contributed by atoms with E-state index in [0.717, 1.165) is 27.8 Å². The molecule has 1 aromatic heterocycles. The molecule has 3 aromatic rings. The molecule has 0 bridgehead atoms. The van der Waals surface area contributed by atoms with E-state index < -0.39 is 0 Å². The topological polar surface area (TPSA) is 16.1 Å². The highest BCUT2D eigenvalue weighted by molar-refractivity contribution is 5.84. The van der Waals surface area contributed by atoms with Crippen LogP contribution in [0.2, 0.25) is 0 Å². The van der Waals surface area contributed by atoms with Gasteiger partial charge in [0.1, 0.15) is 5.82 Å². The van der Waals surface area contributed by atoms with Crippen molar-refractivity contribution >= 4 is 16.6 Å². The minimum atomic E-state index is -0.231. The molecule has 0 saturated carbocycles. The van der Waals surface area contributed by atoms with E-state index in [4.69, 9.17) is 0 Å². The monoisotopic (exact) mass is 266 g/mol. The third-order valence-electron chi connectivity index (χ3n) is 3.33. The van der Waals surface area contributed by atoms with Gasteiger partial charge in [0.2, 0.25) is 0 Å². The van der Waals surface area contributed by atoms with Crippen LogP contribution in [-0.4, -0.2) is 19.1 Å². The third-order valence-corrected chi connectivity index (χ3v) is 3.33. The highest BCUT2D eigenvalue weighted by Crippen LogP contribution is 2.24. The van der Waals surface area contributed by atoms with Gasteiger partial charge in [-0.25, -0.2) is 9.37 Å². The van der Waals surface area contributed by atoms with E-state index in [2.05, 4.69) is 16.0 Å². The van der Waals surface area contributed by atoms with Crippen LogP contribution in [0, 0.1) is 5.82 Å². The van der Waals surface area contributed by atoms with Crippen LogP contribution in [0.1, 0.15) is 0 Å². The van der Waals surface area contributed by atoms with Crippen molar-refractivity contribution < 1.29 is 4.39 Å². The lowest BCUT2D eigenvalue weighted by atomic mass is 10.1. The first-order chi connectivity index (χ1) is 9.63. The summed E-state index contributed by atoms with van der Waals surface area (Å²) < 4.78 is 13.0. The Balaban J connectivity index is 2.07. The van der Waals surface area contributed by atoms with Gasteiger partial charge in [0.05, 0.1) is 11.2 Å². The maximum atomic E-state index is 13.0. The zero-order valence-corrected chi connectivity index (χ0v) is 11.5. The van der Waals surface area contributed by atoms with Gasteiger partial charge in [-0.05, 0) is 48.5 Å². The number of halogens is 1. The number of nitrogens with zero attached hydrogens (tertiary/aromatic N) is 2. The molecule has 0 N–H and O–H groups in total. The molecule has 0 atom stereocenters. The second-order valence-electron chi connectivity index (χ2n) is 4.97. The van der Waals surface area contributed by atoms with Crippen molar-refractivity contribution in [3.05, 3.63) is 60.4 Å². The maximum Gasteiger partial charge on any atom is 0.123 e. The number of benzene rings is 2. The quantitative estimate of drug-likeness (QED) is 0.694. The fourth-order valence-corrected chi connectivity index (χ4v) is 2.17. The average molecular weight is 266 g/mol. The summed E-state index contributed by atoms with van der Waals surface area (Å²) >= 11 is 0. The van der Waals surface area contributed by atoms with Crippen molar-refractivity contribution in [2.75, 3.05) is 19.0 Å². The molecule has 100 valence electrons. The van der Waals surface area contributed by atoms with Crippen LogP contribution in [-0.2, 0) is 0 Å². The lowest BCUT2D eigenvalue weighted by molar-refractivity contribution is 0.628. The van der Waals surface area contributed by atoms with Gasteiger partial charge in [0.25, 0.3) is 0 Å². The molecule has 2 nitrogen and oxygen atoms in total. The molecule has 20 heavy (non-hydrogen) atoms. The molecule has 0 unspecified atom stereocenters. The van der Waals surface area contributed by atoms with E-state index in [9.17, 15) is 4.39 Å². The summed E-state index contributed by atoms with van der Waals surface area (Å²) in [6.07, 6.45) is 0. The van der Waals surface area contributed by atoms with Crippen molar-refractivity contribution in [2.24, 2.45) is 0 Å². The van der Waals surface area contributed by atoms with Crippen molar-refractivity contribution in [1.29, 1.82) is 0 Å².